The summed E-state index contributed by atoms with van der Waals surface area (Å²) in [6, 6.07) is 0. The molecule has 0 aromatic carbocycles. The topological polar surface area (TPSA) is 72.4 Å². The van der Waals surface area contributed by atoms with Crippen LogP contribution in [-0.2, 0) is 19.0 Å². The minimum Gasteiger partial charge on any atom is -0.466 e. The van der Waals surface area contributed by atoms with Gasteiger partial charge in [-0.25, -0.2) is 0 Å². The van der Waals surface area contributed by atoms with Crippen LogP contribution in [0.2, 0.25) is 0 Å². The van der Waals surface area contributed by atoms with Crippen LogP contribution in [0, 0.1) is 0 Å². The van der Waals surface area contributed by atoms with Crippen molar-refractivity contribution >= 4 is 35.9 Å². The summed E-state index contributed by atoms with van der Waals surface area (Å²) in [6.07, 6.45) is 3.63. The van der Waals surface area contributed by atoms with Gasteiger partial charge in [0.15, 0.2) is 5.96 Å². The molecule has 2 aliphatic rings. The molecule has 0 aromatic heterocycles. The molecule has 0 aliphatic carbocycles. The Hall–Kier alpha value is -0.610. The maximum absolute atomic E-state index is 11.4. The molecule has 0 bridgehead atoms. The van der Waals surface area contributed by atoms with Crippen molar-refractivity contribution in [2.45, 2.75) is 51.7 Å². The number of nitrogens with zero attached hydrogens (tertiary/aromatic N) is 2. The zero-order valence-electron chi connectivity index (χ0n) is 15.4. The molecular weight excluding hydrogens is 437 g/mol. The number of carbonyl (C=O) groups excluding carboxylic acids is 1. The quantitative estimate of drug-likeness (QED) is 0.202. The van der Waals surface area contributed by atoms with Crippen LogP contribution in [0.4, 0.5) is 0 Å². The fraction of sp³-hybridized carbons (Fsp3) is 0.882. The van der Waals surface area contributed by atoms with Crippen molar-refractivity contribution in [1.29, 1.82) is 0 Å². The van der Waals surface area contributed by atoms with Crippen molar-refractivity contribution in [2.75, 3.05) is 46.0 Å². The number of hydrogen-bond acceptors (Lipinski definition) is 5. The van der Waals surface area contributed by atoms with Crippen LogP contribution in [0.3, 0.4) is 0 Å². The Labute approximate surface area is 167 Å². The molecule has 0 aromatic rings. The maximum Gasteiger partial charge on any atom is 0.305 e. The minimum absolute atomic E-state index is 0. The number of carbonyl (C=O) groups is 1. The number of esters is 1. The fourth-order valence-corrected chi connectivity index (χ4v) is 3.06. The SMILES string of the molecule is CCNC(=NCCCC(=O)OCC)N1CCOC(C2CCCO2)C1.I. The Kier molecular flexibility index (Phi) is 11.4. The van der Waals surface area contributed by atoms with Gasteiger partial charge in [0, 0.05) is 39.2 Å². The molecule has 25 heavy (non-hydrogen) atoms. The van der Waals surface area contributed by atoms with E-state index in [1.165, 1.54) is 0 Å². The number of nitrogens with one attached hydrogen (secondary N) is 1. The number of aliphatic imine (C=N–C) groups is 1. The zero-order valence-corrected chi connectivity index (χ0v) is 17.7. The summed E-state index contributed by atoms with van der Waals surface area (Å²) in [6.45, 7) is 8.91. The first-order chi connectivity index (χ1) is 11.7. The van der Waals surface area contributed by atoms with Crippen LogP contribution in [-0.4, -0.2) is 75.0 Å². The van der Waals surface area contributed by atoms with Crippen molar-refractivity contribution in [3.8, 4) is 0 Å². The molecule has 0 saturated carbocycles. The third-order valence-electron chi connectivity index (χ3n) is 4.21. The van der Waals surface area contributed by atoms with Gasteiger partial charge in [0.25, 0.3) is 0 Å². The summed E-state index contributed by atoms with van der Waals surface area (Å²) in [4.78, 5) is 18.3. The number of halogens is 1. The number of guanidine groups is 1. The Morgan fingerprint density at radius 2 is 2.08 bits per heavy atom. The second-order valence-corrected chi connectivity index (χ2v) is 6.05. The molecule has 146 valence electrons. The average Bonchev–Trinajstić information content (AvgIpc) is 3.13. The lowest BCUT2D eigenvalue weighted by Gasteiger charge is -2.37. The van der Waals surface area contributed by atoms with Gasteiger partial charge in [0.1, 0.15) is 6.10 Å². The van der Waals surface area contributed by atoms with Crippen molar-refractivity contribution in [2.24, 2.45) is 4.99 Å². The third kappa shape index (κ3) is 7.65. The van der Waals surface area contributed by atoms with E-state index in [4.69, 9.17) is 14.2 Å². The van der Waals surface area contributed by atoms with Crippen LogP contribution < -0.4 is 5.32 Å². The molecule has 8 heteroatoms. The van der Waals surface area contributed by atoms with Crippen LogP contribution in [0.25, 0.3) is 0 Å². The summed E-state index contributed by atoms with van der Waals surface area (Å²) in [5, 5.41) is 3.34. The molecule has 2 aliphatic heterocycles. The first-order valence-electron chi connectivity index (χ1n) is 9.16. The molecule has 7 nitrogen and oxygen atoms in total. The Morgan fingerprint density at radius 1 is 1.28 bits per heavy atom. The van der Waals surface area contributed by atoms with E-state index in [9.17, 15) is 4.79 Å². The minimum atomic E-state index is -0.150. The van der Waals surface area contributed by atoms with Gasteiger partial charge in [-0.15, -0.1) is 24.0 Å². The molecule has 2 saturated heterocycles. The van der Waals surface area contributed by atoms with E-state index < -0.39 is 0 Å². The highest BCUT2D eigenvalue weighted by atomic mass is 127. The smallest absolute Gasteiger partial charge is 0.305 e. The second-order valence-electron chi connectivity index (χ2n) is 6.05. The third-order valence-corrected chi connectivity index (χ3v) is 4.21. The lowest BCUT2D eigenvalue weighted by Crippen LogP contribution is -2.53. The summed E-state index contributed by atoms with van der Waals surface area (Å²) < 4.78 is 16.6. The van der Waals surface area contributed by atoms with E-state index in [-0.39, 0.29) is 42.2 Å². The van der Waals surface area contributed by atoms with Gasteiger partial charge in [-0.05, 0) is 33.1 Å². The molecule has 2 atom stereocenters. The normalized spacial score (nSPS) is 23.9. The Morgan fingerprint density at radius 3 is 2.76 bits per heavy atom. The number of morpholine rings is 1. The predicted molar refractivity (Wildman–Crippen MR) is 108 cm³/mol. The number of ether oxygens (including phenoxy) is 3. The van der Waals surface area contributed by atoms with Gasteiger partial charge >= 0.3 is 5.97 Å². The highest BCUT2D eigenvalue weighted by Gasteiger charge is 2.32. The summed E-state index contributed by atoms with van der Waals surface area (Å²) in [5.41, 5.74) is 0. The maximum atomic E-state index is 11.4. The first-order valence-corrected chi connectivity index (χ1v) is 9.16. The monoisotopic (exact) mass is 469 g/mol. The lowest BCUT2D eigenvalue weighted by atomic mass is 10.1. The van der Waals surface area contributed by atoms with Gasteiger partial charge < -0.3 is 24.4 Å². The Bertz CT molecular complexity index is 417. The van der Waals surface area contributed by atoms with E-state index in [1.54, 1.807) is 0 Å². The van der Waals surface area contributed by atoms with E-state index >= 15 is 0 Å². The molecule has 0 amide bonds. The standard InChI is InChI=1S/C17H31N3O4.HI/c1-3-18-17(19-9-5-8-16(21)22-4-2)20-10-12-24-15(13-20)14-7-6-11-23-14;/h14-15H,3-13H2,1-2H3,(H,18,19);1H. The molecule has 1 N–H and O–H groups in total. The van der Waals surface area contributed by atoms with Crippen LogP contribution >= 0.6 is 24.0 Å². The summed E-state index contributed by atoms with van der Waals surface area (Å²) in [5.74, 6) is 0.746. The van der Waals surface area contributed by atoms with Crippen LogP contribution in [0.15, 0.2) is 4.99 Å². The molecule has 2 fully saturated rings. The van der Waals surface area contributed by atoms with Crippen molar-refractivity contribution in [3.05, 3.63) is 0 Å². The van der Waals surface area contributed by atoms with E-state index in [0.717, 1.165) is 45.0 Å². The second kappa shape index (κ2) is 12.7. The largest absolute Gasteiger partial charge is 0.466 e. The van der Waals surface area contributed by atoms with Crippen LogP contribution in [0.1, 0.15) is 39.5 Å². The molecule has 0 spiro atoms. The first kappa shape index (κ1) is 22.4. The zero-order chi connectivity index (χ0) is 17.2. The van der Waals surface area contributed by atoms with Gasteiger partial charge in [-0.2, -0.15) is 0 Å². The predicted octanol–water partition coefficient (Wildman–Crippen LogP) is 1.79. The highest BCUT2D eigenvalue weighted by Crippen LogP contribution is 2.21. The van der Waals surface area contributed by atoms with E-state index in [2.05, 4.69) is 22.1 Å². The molecule has 0 radical (unpaired) electrons. The Balaban J connectivity index is 0.00000312. The molecular formula is C17H32IN3O4. The van der Waals surface area contributed by atoms with Crippen molar-refractivity contribution in [1.82, 2.24) is 10.2 Å². The van der Waals surface area contributed by atoms with Gasteiger partial charge in [0.2, 0.25) is 0 Å². The van der Waals surface area contributed by atoms with Crippen molar-refractivity contribution in [3.63, 3.8) is 0 Å². The number of rotatable bonds is 7. The van der Waals surface area contributed by atoms with Crippen molar-refractivity contribution < 1.29 is 19.0 Å². The summed E-state index contributed by atoms with van der Waals surface area (Å²) in [7, 11) is 0. The fourth-order valence-electron chi connectivity index (χ4n) is 3.06. The lowest BCUT2D eigenvalue weighted by molar-refractivity contribution is -0.143. The molecule has 2 heterocycles. The van der Waals surface area contributed by atoms with E-state index in [0.29, 0.717) is 32.6 Å². The van der Waals surface area contributed by atoms with Gasteiger partial charge in [-0.1, -0.05) is 0 Å². The van der Waals surface area contributed by atoms with E-state index in [1.807, 2.05) is 6.92 Å². The van der Waals surface area contributed by atoms with Gasteiger partial charge in [-0.3, -0.25) is 9.79 Å². The van der Waals surface area contributed by atoms with Gasteiger partial charge in [0.05, 0.1) is 19.3 Å². The van der Waals surface area contributed by atoms with Crippen LogP contribution in [0.5, 0.6) is 0 Å². The number of hydrogen-bond donors (Lipinski definition) is 1. The summed E-state index contributed by atoms with van der Waals surface area (Å²) >= 11 is 0. The highest BCUT2D eigenvalue weighted by molar-refractivity contribution is 14.0. The molecule has 2 rings (SSSR count). The average molecular weight is 469 g/mol. The molecule has 2 unspecified atom stereocenters.